The van der Waals surface area contributed by atoms with E-state index >= 15 is 0 Å². The summed E-state index contributed by atoms with van der Waals surface area (Å²) in [6.07, 6.45) is -0.153. The molecule has 0 aromatic rings. The number of carboxylic acids is 1. The van der Waals surface area contributed by atoms with Gasteiger partial charge in [0.25, 0.3) is 0 Å². The van der Waals surface area contributed by atoms with Crippen LogP contribution >= 0.6 is 0 Å². The Labute approximate surface area is 139 Å². The highest BCUT2D eigenvalue weighted by Crippen LogP contribution is 2.18. The van der Waals surface area contributed by atoms with Crippen molar-refractivity contribution in [3.05, 3.63) is 0 Å². The first kappa shape index (κ1) is 19.8. The van der Waals surface area contributed by atoms with Crippen molar-refractivity contribution >= 4 is 23.7 Å². The van der Waals surface area contributed by atoms with Crippen LogP contribution < -0.4 is 16.4 Å². The van der Waals surface area contributed by atoms with Crippen LogP contribution in [0.15, 0.2) is 0 Å². The number of hydrogen-bond acceptors (Lipinski definition) is 6. The van der Waals surface area contributed by atoms with Gasteiger partial charge in [-0.3, -0.25) is 14.4 Å². The molecule has 0 radical (unpaired) electrons. The third kappa shape index (κ3) is 5.17. The van der Waals surface area contributed by atoms with Crippen LogP contribution in [0.1, 0.15) is 26.7 Å². The van der Waals surface area contributed by atoms with Gasteiger partial charge in [-0.1, -0.05) is 0 Å². The van der Waals surface area contributed by atoms with Crippen molar-refractivity contribution < 1.29 is 29.4 Å². The van der Waals surface area contributed by atoms with Crippen LogP contribution in [0, 0.1) is 0 Å². The van der Waals surface area contributed by atoms with Crippen molar-refractivity contribution in [2.45, 2.75) is 50.9 Å². The van der Waals surface area contributed by atoms with Gasteiger partial charge in [-0.2, -0.15) is 0 Å². The molecule has 0 aromatic heterocycles. The van der Waals surface area contributed by atoms with Crippen molar-refractivity contribution in [1.82, 2.24) is 15.5 Å². The van der Waals surface area contributed by atoms with E-state index in [1.807, 2.05) is 0 Å². The van der Waals surface area contributed by atoms with Crippen LogP contribution in [0.25, 0.3) is 0 Å². The molecular weight excluding hydrogens is 320 g/mol. The van der Waals surface area contributed by atoms with Gasteiger partial charge in [-0.25, -0.2) is 4.79 Å². The largest absolute Gasteiger partial charge is 0.480 e. The predicted octanol–water partition coefficient (Wildman–Crippen LogP) is -2.61. The quantitative estimate of drug-likeness (QED) is 0.338. The predicted molar refractivity (Wildman–Crippen MR) is 82.6 cm³/mol. The molecule has 0 aromatic carbocycles. The lowest BCUT2D eigenvalue weighted by Gasteiger charge is -2.25. The van der Waals surface area contributed by atoms with E-state index in [1.165, 1.54) is 18.7 Å². The summed E-state index contributed by atoms with van der Waals surface area (Å²) in [6.45, 7) is 2.73. The van der Waals surface area contributed by atoms with Gasteiger partial charge in [-0.15, -0.1) is 0 Å². The monoisotopic (exact) mass is 344 g/mol. The smallest absolute Gasteiger partial charge is 0.328 e. The number of amides is 3. The van der Waals surface area contributed by atoms with Gasteiger partial charge in [0, 0.05) is 6.54 Å². The lowest BCUT2D eigenvalue weighted by Crippen LogP contribution is -2.53. The molecule has 1 heterocycles. The minimum atomic E-state index is -1.46. The molecule has 10 nitrogen and oxygen atoms in total. The molecule has 10 heteroatoms. The molecule has 4 unspecified atom stereocenters. The van der Waals surface area contributed by atoms with Gasteiger partial charge in [0.05, 0.1) is 18.7 Å². The summed E-state index contributed by atoms with van der Waals surface area (Å²) >= 11 is 0. The van der Waals surface area contributed by atoms with Crippen LogP contribution in [0.3, 0.4) is 0 Å². The summed E-state index contributed by atoms with van der Waals surface area (Å²) in [5, 5.41) is 22.6. The first-order valence-corrected chi connectivity index (χ1v) is 7.69. The molecule has 136 valence electrons. The minimum absolute atomic E-state index is 0.336. The van der Waals surface area contributed by atoms with Crippen molar-refractivity contribution in [3.8, 4) is 0 Å². The fourth-order valence-electron chi connectivity index (χ4n) is 2.46. The molecule has 0 saturated carbocycles. The van der Waals surface area contributed by atoms with Gasteiger partial charge < -0.3 is 31.5 Å². The van der Waals surface area contributed by atoms with E-state index in [0.717, 1.165) is 0 Å². The molecule has 0 aliphatic carbocycles. The second-order valence-electron chi connectivity index (χ2n) is 5.82. The average molecular weight is 344 g/mol. The number of aliphatic hydroxyl groups is 1. The maximum Gasteiger partial charge on any atom is 0.328 e. The number of nitrogens with one attached hydrogen (secondary N) is 2. The highest BCUT2D eigenvalue weighted by atomic mass is 16.4. The van der Waals surface area contributed by atoms with Crippen molar-refractivity contribution in [1.29, 1.82) is 0 Å². The number of likely N-dealkylation sites (tertiary alicyclic amines) is 1. The van der Waals surface area contributed by atoms with Crippen LogP contribution in [-0.2, 0) is 19.2 Å². The van der Waals surface area contributed by atoms with Gasteiger partial charge in [-0.05, 0) is 26.7 Å². The summed E-state index contributed by atoms with van der Waals surface area (Å²) in [4.78, 5) is 48.1. The minimum Gasteiger partial charge on any atom is -0.480 e. The van der Waals surface area contributed by atoms with Gasteiger partial charge in [0.2, 0.25) is 17.7 Å². The lowest BCUT2D eigenvalue weighted by molar-refractivity contribution is -0.144. The van der Waals surface area contributed by atoms with Crippen LogP contribution in [-0.4, -0.2) is 76.1 Å². The Morgan fingerprint density at radius 1 is 1.29 bits per heavy atom. The Bertz CT molecular complexity index is 507. The summed E-state index contributed by atoms with van der Waals surface area (Å²) in [6, 6.07) is -2.87. The normalized spacial score (nSPS) is 20.8. The summed E-state index contributed by atoms with van der Waals surface area (Å²) in [5.41, 5.74) is 5.55. The van der Waals surface area contributed by atoms with Gasteiger partial charge >= 0.3 is 5.97 Å². The Morgan fingerprint density at radius 2 is 1.92 bits per heavy atom. The van der Waals surface area contributed by atoms with Crippen LogP contribution in [0.4, 0.5) is 0 Å². The number of aliphatic carboxylic acids is 1. The zero-order valence-electron chi connectivity index (χ0n) is 13.7. The molecule has 6 N–H and O–H groups in total. The van der Waals surface area contributed by atoms with Crippen molar-refractivity contribution in [2.24, 2.45) is 5.73 Å². The molecule has 3 amide bonds. The summed E-state index contributed by atoms with van der Waals surface area (Å²) in [5.74, 6) is -2.97. The first-order chi connectivity index (χ1) is 11.1. The van der Waals surface area contributed by atoms with Gasteiger partial charge in [0.1, 0.15) is 6.04 Å². The second kappa shape index (κ2) is 8.60. The third-order valence-corrected chi connectivity index (χ3v) is 3.72. The third-order valence-electron chi connectivity index (χ3n) is 3.72. The van der Waals surface area contributed by atoms with E-state index in [9.17, 15) is 24.3 Å². The SMILES string of the molecule is CC(N)C(=O)N1CCCC1C(=O)NCC(=O)NC(C(=O)O)C(C)O. The standard InChI is InChI=1S/C14H24N4O6/c1-7(15)13(22)18-5-3-4-9(18)12(21)16-6-10(20)17-11(8(2)19)14(23)24/h7-9,11,19H,3-6,15H2,1-2H3,(H,16,21)(H,17,20)(H,23,24). The molecule has 0 bridgehead atoms. The summed E-state index contributed by atoms with van der Waals surface area (Å²) < 4.78 is 0. The number of carbonyl (C=O) groups excluding carboxylic acids is 3. The Balaban J connectivity index is 2.54. The zero-order chi connectivity index (χ0) is 18.4. The Morgan fingerprint density at radius 3 is 2.42 bits per heavy atom. The second-order valence-corrected chi connectivity index (χ2v) is 5.82. The maximum atomic E-state index is 12.1. The number of hydrogen-bond donors (Lipinski definition) is 5. The molecule has 0 spiro atoms. The molecule has 4 atom stereocenters. The van der Waals surface area contributed by atoms with Crippen molar-refractivity contribution in [2.75, 3.05) is 13.1 Å². The van der Waals surface area contributed by atoms with E-state index in [0.29, 0.717) is 19.4 Å². The number of nitrogens with zero attached hydrogens (tertiary/aromatic N) is 1. The molecule has 1 saturated heterocycles. The van der Waals surface area contributed by atoms with E-state index in [4.69, 9.17) is 10.8 Å². The summed E-state index contributed by atoms with van der Waals surface area (Å²) in [7, 11) is 0. The molecule has 1 fully saturated rings. The Hall–Kier alpha value is -2.20. The molecular formula is C14H24N4O6. The highest BCUT2D eigenvalue weighted by molar-refractivity contribution is 5.92. The van der Waals surface area contributed by atoms with Crippen LogP contribution in [0.5, 0.6) is 0 Å². The van der Waals surface area contributed by atoms with E-state index in [1.54, 1.807) is 0 Å². The maximum absolute atomic E-state index is 12.1. The number of nitrogens with two attached hydrogens (primary N) is 1. The number of carbonyl (C=O) groups is 4. The van der Waals surface area contributed by atoms with E-state index in [-0.39, 0.29) is 5.91 Å². The van der Waals surface area contributed by atoms with E-state index in [2.05, 4.69) is 10.6 Å². The first-order valence-electron chi connectivity index (χ1n) is 7.69. The fraction of sp³-hybridized carbons (Fsp3) is 0.714. The molecule has 1 aliphatic heterocycles. The molecule has 24 heavy (non-hydrogen) atoms. The number of rotatable bonds is 7. The average Bonchev–Trinajstić information content (AvgIpc) is 2.98. The van der Waals surface area contributed by atoms with Gasteiger partial charge in [0.15, 0.2) is 6.04 Å². The van der Waals surface area contributed by atoms with E-state index < -0.39 is 48.6 Å². The molecule has 1 rings (SSSR count). The topological polar surface area (TPSA) is 162 Å². The Kier molecular flexibility index (Phi) is 7.11. The number of carboxylic acid groups (broad SMARTS) is 1. The fourth-order valence-corrected chi connectivity index (χ4v) is 2.46. The zero-order valence-corrected chi connectivity index (χ0v) is 13.7. The highest BCUT2D eigenvalue weighted by Gasteiger charge is 2.35. The lowest BCUT2D eigenvalue weighted by atomic mass is 10.2. The molecule has 1 aliphatic rings. The van der Waals surface area contributed by atoms with Crippen molar-refractivity contribution in [3.63, 3.8) is 0 Å². The number of aliphatic hydroxyl groups excluding tert-OH is 1. The van der Waals surface area contributed by atoms with Crippen LogP contribution in [0.2, 0.25) is 0 Å².